The van der Waals surface area contributed by atoms with Gasteiger partial charge in [0.05, 0.1) is 5.69 Å². The molecule has 1 fully saturated rings. The molecule has 4 rings (SSSR count). The first-order valence-corrected chi connectivity index (χ1v) is 10.0. The van der Waals surface area contributed by atoms with Gasteiger partial charge in [-0.05, 0) is 44.0 Å². The monoisotopic (exact) mass is 390 g/mol. The molecule has 0 N–H and O–H groups in total. The number of aromatic nitrogens is 4. The van der Waals surface area contributed by atoms with Crippen LogP contribution in [0.3, 0.4) is 0 Å². The highest BCUT2D eigenvalue weighted by molar-refractivity contribution is 5.76. The Labute approximate surface area is 171 Å². The first kappa shape index (κ1) is 19.1. The van der Waals surface area contributed by atoms with E-state index >= 15 is 0 Å². The number of hydrogen-bond acceptors (Lipinski definition) is 5. The lowest BCUT2D eigenvalue weighted by atomic mass is 10.1. The maximum absolute atomic E-state index is 12.5. The maximum atomic E-state index is 12.5. The fourth-order valence-corrected chi connectivity index (χ4v) is 3.70. The Hall–Kier alpha value is -3.22. The van der Waals surface area contributed by atoms with E-state index in [-0.39, 0.29) is 5.91 Å². The van der Waals surface area contributed by atoms with Crippen molar-refractivity contribution in [1.82, 2.24) is 24.9 Å². The van der Waals surface area contributed by atoms with Gasteiger partial charge in [0.2, 0.25) is 5.91 Å². The van der Waals surface area contributed by atoms with Crippen molar-refractivity contribution in [3.8, 4) is 5.82 Å². The molecule has 0 unspecified atom stereocenters. The molecule has 1 aliphatic heterocycles. The average molecular weight is 390 g/mol. The molecule has 0 atom stereocenters. The molecule has 0 radical (unpaired) electrons. The molecule has 7 nitrogen and oxygen atoms in total. The van der Waals surface area contributed by atoms with Crippen LogP contribution < -0.4 is 4.90 Å². The lowest BCUT2D eigenvalue weighted by Gasteiger charge is -2.35. The molecular formula is C22H26N6O. The molecule has 7 heteroatoms. The molecule has 29 heavy (non-hydrogen) atoms. The van der Waals surface area contributed by atoms with Crippen LogP contribution in [0.5, 0.6) is 0 Å². The zero-order valence-electron chi connectivity index (χ0n) is 17.0. The largest absolute Gasteiger partial charge is 0.352 e. The van der Waals surface area contributed by atoms with Crippen LogP contribution in [0.2, 0.25) is 0 Å². The Morgan fingerprint density at radius 2 is 1.62 bits per heavy atom. The van der Waals surface area contributed by atoms with E-state index in [1.54, 1.807) is 4.68 Å². The number of aryl methyl sites for hydroxylation is 3. The van der Waals surface area contributed by atoms with Gasteiger partial charge >= 0.3 is 0 Å². The van der Waals surface area contributed by atoms with E-state index in [0.29, 0.717) is 25.3 Å². The van der Waals surface area contributed by atoms with E-state index in [1.807, 2.05) is 55.1 Å². The molecule has 150 valence electrons. The van der Waals surface area contributed by atoms with Crippen molar-refractivity contribution in [3.05, 3.63) is 65.5 Å². The third-order valence-electron chi connectivity index (χ3n) is 5.29. The highest BCUT2D eigenvalue weighted by Crippen LogP contribution is 2.16. The maximum Gasteiger partial charge on any atom is 0.223 e. The Morgan fingerprint density at radius 1 is 0.931 bits per heavy atom. The molecule has 1 aromatic carbocycles. The van der Waals surface area contributed by atoms with Gasteiger partial charge in [0.1, 0.15) is 0 Å². The van der Waals surface area contributed by atoms with E-state index in [1.165, 1.54) is 5.56 Å². The predicted molar refractivity (Wildman–Crippen MR) is 112 cm³/mol. The minimum absolute atomic E-state index is 0.222. The highest BCUT2D eigenvalue weighted by atomic mass is 16.2. The Bertz CT molecular complexity index is 959. The topological polar surface area (TPSA) is 67.2 Å². The fraction of sp³-hybridized carbons (Fsp3) is 0.364. The summed E-state index contributed by atoms with van der Waals surface area (Å²) in [5.41, 5.74) is 3.20. The third kappa shape index (κ3) is 4.45. The third-order valence-corrected chi connectivity index (χ3v) is 5.29. The zero-order valence-corrected chi connectivity index (χ0v) is 17.0. The van der Waals surface area contributed by atoms with Crippen LogP contribution in [0, 0.1) is 13.8 Å². The van der Waals surface area contributed by atoms with E-state index in [0.717, 1.165) is 36.7 Å². The van der Waals surface area contributed by atoms with E-state index in [4.69, 9.17) is 0 Å². The summed E-state index contributed by atoms with van der Waals surface area (Å²) in [7, 11) is 0. The van der Waals surface area contributed by atoms with Crippen LogP contribution in [0.1, 0.15) is 23.4 Å². The number of anilines is 1. The second kappa shape index (κ2) is 8.43. The first-order chi connectivity index (χ1) is 14.1. The van der Waals surface area contributed by atoms with Crippen LogP contribution in [-0.4, -0.2) is 57.0 Å². The molecule has 2 aromatic heterocycles. The summed E-state index contributed by atoms with van der Waals surface area (Å²) >= 11 is 0. The van der Waals surface area contributed by atoms with Crippen LogP contribution in [0.15, 0.2) is 48.5 Å². The van der Waals surface area contributed by atoms with Gasteiger partial charge in [0.25, 0.3) is 0 Å². The van der Waals surface area contributed by atoms with Crippen molar-refractivity contribution >= 4 is 11.7 Å². The quantitative estimate of drug-likeness (QED) is 0.670. The second-order valence-electron chi connectivity index (χ2n) is 7.44. The van der Waals surface area contributed by atoms with Gasteiger partial charge in [-0.15, -0.1) is 10.2 Å². The standard InChI is InChI=1S/C22H26N6O/c1-17-16-18(2)28(25-17)21-10-9-20(23-24-21)26-12-14-27(15-13-26)22(29)11-8-19-6-4-3-5-7-19/h3-7,9-10,16H,8,11-15H2,1-2H3. The fourth-order valence-electron chi connectivity index (χ4n) is 3.70. The number of rotatable bonds is 5. The van der Waals surface area contributed by atoms with Gasteiger partial charge in [0.15, 0.2) is 11.6 Å². The molecule has 0 aliphatic carbocycles. The van der Waals surface area contributed by atoms with E-state index < -0.39 is 0 Å². The van der Waals surface area contributed by atoms with Crippen LogP contribution in [0.4, 0.5) is 5.82 Å². The summed E-state index contributed by atoms with van der Waals surface area (Å²) in [5, 5.41) is 13.2. The number of benzene rings is 1. The van der Waals surface area contributed by atoms with Gasteiger partial charge in [-0.2, -0.15) is 5.10 Å². The van der Waals surface area contributed by atoms with Gasteiger partial charge in [-0.1, -0.05) is 30.3 Å². The van der Waals surface area contributed by atoms with E-state index in [2.05, 4.69) is 32.3 Å². The average Bonchev–Trinajstić information content (AvgIpc) is 3.11. The SMILES string of the molecule is Cc1cc(C)n(-c2ccc(N3CCN(C(=O)CCc4ccccc4)CC3)nn2)n1. The summed E-state index contributed by atoms with van der Waals surface area (Å²) in [6.07, 6.45) is 1.35. The molecular weight excluding hydrogens is 364 g/mol. The molecule has 0 bridgehead atoms. The van der Waals surface area contributed by atoms with Crippen LogP contribution in [0.25, 0.3) is 5.82 Å². The van der Waals surface area contributed by atoms with Crippen molar-refractivity contribution in [2.75, 3.05) is 31.1 Å². The molecule has 1 aliphatic rings. The summed E-state index contributed by atoms with van der Waals surface area (Å²) in [6.45, 7) is 6.94. The van der Waals surface area contributed by atoms with Crippen molar-refractivity contribution < 1.29 is 4.79 Å². The Balaban J connectivity index is 1.31. The summed E-state index contributed by atoms with van der Waals surface area (Å²) < 4.78 is 1.80. The smallest absolute Gasteiger partial charge is 0.223 e. The van der Waals surface area contributed by atoms with E-state index in [9.17, 15) is 4.79 Å². The lowest BCUT2D eigenvalue weighted by molar-refractivity contribution is -0.131. The van der Waals surface area contributed by atoms with Gasteiger partial charge in [-0.3, -0.25) is 4.79 Å². The number of piperazine rings is 1. The summed E-state index contributed by atoms with van der Waals surface area (Å²) in [6, 6.07) is 16.1. The number of carbonyl (C=O) groups excluding carboxylic acids is 1. The lowest BCUT2D eigenvalue weighted by Crippen LogP contribution is -2.49. The molecule has 0 saturated carbocycles. The Morgan fingerprint density at radius 3 is 2.24 bits per heavy atom. The normalized spacial score (nSPS) is 14.3. The molecule has 3 aromatic rings. The van der Waals surface area contributed by atoms with Gasteiger partial charge in [-0.25, -0.2) is 4.68 Å². The van der Waals surface area contributed by atoms with Crippen LogP contribution >= 0.6 is 0 Å². The van der Waals surface area contributed by atoms with Gasteiger partial charge in [0, 0.05) is 38.3 Å². The summed E-state index contributed by atoms with van der Waals surface area (Å²) in [5.74, 6) is 1.78. The molecule has 1 amide bonds. The second-order valence-corrected chi connectivity index (χ2v) is 7.44. The Kier molecular flexibility index (Phi) is 5.55. The minimum atomic E-state index is 0.222. The number of nitrogens with zero attached hydrogens (tertiary/aromatic N) is 6. The summed E-state index contributed by atoms with van der Waals surface area (Å²) in [4.78, 5) is 16.7. The number of hydrogen-bond donors (Lipinski definition) is 0. The molecule has 0 spiro atoms. The number of carbonyl (C=O) groups is 1. The molecule has 1 saturated heterocycles. The van der Waals surface area contributed by atoms with Crippen molar-refractivity contribution in [1.29, 1.82) is 0 Å². The molecule has 3 heterocycles. The minimum Gasteiger partial charge on any atom is -0.352 e. The van der Waals surface area contributed by atoms with Gasteiger partial charge < -0.3 is 9.80 Å². The van der Waals surface area contributed by atoms with Crippen molar-refractivity contribution in [3.63, 3.8) is 0 Å². The highest BCUT2D eigenvalue weighted by Gasteiger charge is 2.22. The number of amides is 1. The first-order valence-electron chi connectivity index (χ1n) is 10.0. The van der Waals surface area contributed by atoms with Crippen molar-refractivity contribution in [2.24, 2.45) is 0 Å². The predicted octanol–water partition coefficient (Wildman–Crippen LogP) is 2.56. The zero-order chi connectivity index (χ0) is 20.2. The van der Waals surface area contributed by atoms with Crippen molar-refractivity contribution in [2.45, 2.75) is 26.7 Å². The van der Waals surface area contributed by atoms with Crippen LogP contribution in [-0.2, 0) is 11.2 Å².